The first-order valence-electron chi connectivity index (χ1n) is 10.4. The lowest BCUT2D eigenvalue weighted by Gasteiger charge is -2.15. The van der Waals surface area contributed by atoms with Gasteiger partial charge in [-0.3, -0.25) is 9.36 Å². The molecule has 0 spiro atoms. The highest BCUT2D eigenvalue weighted by molar-refractivity contribution is 7.99. The second kappa shape index (κ2) is 11.9. The Hall–Kier alpha value is -3.84. The van der Waals surface area contributed by atoms with Crippen LogP contribution in [0.5, 0.6) is 23.0 Å². The van der Waals surface area contributed by atoms with Crippen molar-refractivity contribution in [2.45, 2.75) is 12.1 Å². The summed E-state index contributed by atoms with van der Waals surface area (Å²) >= 11 is 1.25. The van der Waals surface area contributed by atoms with Crippen molar-refractivity contribution in [3.8, 4) is 52.4 Å². The van der Waals surface area contributed by atoms with Crippen LogP contribution in [0.1, 0.15) is 6.92 Å². The highest BCUT2D eigenvalue weighted by atomic mass is 32.2. The molecule has 0 aliphatic rings. The van der Waals surface area contributed by atoms with E-state index in [9.17, 15) is 4.79 Å². The Morgan fingerprint density at radius 2 is 1.76 bits per heavy atom. The Labute approximate surface area is 202 Å². The Morgan fingerprint density at radius 3 is 2.32 bits per heavy atom. The summed E-state index contributed by atoms with van der Waals surface area (Å²) in [5, 5.41) is 11.9. The quantitative estimate of drug-likeness (QED) is 0.329. The monoisotopic (exact) mass is 482 g/mol. The van der Waals surface area contributed by atoms with Crippen molar-refractivity contribution in [2.75, 3.05) is 40.2 Å². The lowest BCUT2D eigenvalue weighted by Crippen LogP contribution is -2.25. The molecular weight excluding hydrogens is 456 g/mol. The van der Waals surface area contributed by atoms with Gasteiger partial charge in [-0.25, -0.2) is 0 Å². The first-order valence-corrected chi connectivity index (χ1v) is 11.4. The summed E-state index contributed by atoms with van der Waals surface area (Å²) < 4.78 is 23.9. The van der Waals surface area contributed by atoms with Gasteiger partial charge in [0, 0.05) is 11.3 Å². The third kappa shape index (κ3) is 5.55. The first kappa shape index (κ1) is 24.8. The highest BCUT2D eigenvalue weighted by Gasteiger charge is 2.21. The van der Waals surface area contributed by atoms with Gasteiger partial charge in [-0.2, -0.15) is 0 Å². The normalized spacial score (nSPS) is 10.3. The summed E-state index contributed by atoms with van der Waals surface area (Å²) in [7, 11) is 4.64. The van der Waals surface area contributed by atoms with Crippen molar-refractivity contribution in [2.24, 2.45) is 0 Å². The summed E-state index contributed by atoms with van der Waals surface area (Å²) in [5.41, 5.74) is 1.49. The lowest BCUT2D eigenvalue weighted by molar-refractivity contribution is -0.118. The molecule has 1 N–H and O–H groups in total. The van der Waals surface area contributed by atoms with E-state index in [4.69, 9.17) is 25.4 Å². The third-order valence-electron chi connectivity index (χ3n) is 4.68. The summed E-state index contributed by atoms with van der Waals surface area (Å²) in [6.07, 6.45) is 5.22. The number of rotatable bonds is 11. The molecule has 9 nitrogen and oxygen atoms in total. The molecule has 0 saturated carbocycles. The lowest BCUT2D eigenvalue weighted by atomic mass is 10.1. The van der Waals surface area contributed by atoms with Gasteiger partial charge in [0.2, 0.25) is 11.7 Å². The van der Waals surface area contributed by atoms with Crippen LogP contribution in [0.15, 0.2) is 41.6 Å². The van der Waals surface area contributed by atoms with Crippen molar-refractivity contribution in [3.05, 3.63) is 36.4 Å². The maximum Gasteiger partial charge on any atom is 0.231 e. The van der Waals surface area contributed by atoms with Crippen LogP contribution in [-0.4, -0.2) is 60.9 Å². The van der Waals surface area contributed by atoms with Gasteiger partial charge in [0.1, 0.15) is 5.75 Å². The standard InChI is InChI=1S/C24H26N4O5S/c1-6-12-25-21(29)15-34-24-27-26-23(28(24)17-8-10-18(11-9-17)33-7-2)16-13-19(30-3)22(32-5)20(14-16)31-4/h1,8-11,13-14H,7,12,15H2,2-5H3,(H,25,29). The van der Waals surface area contributed by atoms with Gasteiger partial charge in [0.05, 0.1) is 40.2 Å². The van der Waals surface area contributed by atoms with Crippen molar-refractivity contribution in [3.63, 3.8) is 0 Å². The molecule has 0 atom stereocenters. The average Bonchev–Trinajstić information content (AvgIpc) is 3.29. The van der Waals surface area contributed by atoms with Crippen LogP contribution in [0.4, 0.5) is 0 Å². The van der Waals surface area contributed by atoms with Crippen LogP contribution in [0.2, 0.25) is 0 Å². The molecule has 2 aromatic carbocycles. The fraction of sp³-hybridized carbons (Fsp3) is 0.292. The average molecular weight is 483 g/mol. The van der Waals surface area contributed by atoms with Crippen molar-refractivity contribution in [1.82, 2.24) is 20.1 Å². The van der Waals surface area contributed by atoms with E-state index in [1.165, 1.54) is 11.8 Å². The number of thioether (sulfide) groups is 1. The Kier molecular flexibility index (Phi) is 8.65. The zero-order valence-electron chi connectivity index (χ0n) is 19.5. The minimum atomic E-state index is -0.196. The van der Waals surface area contributed by atoms with Gasteiger partial charge in [-0.05, 0) is 43.3 Å². The van der Waals surface area contributed by atoms with Gasteiger partial charge in [-0.15, -0.1) is 16.6 Å². The number of carbonyl (C=O) groups excluding carboxylic acids is 1. The van der Waals surface area contributed by atoms with Gasteiger partial charge in [-0.1, -0.05) is 17.7 Å². The van der Waals surface area contributed by atoms with E-state index in [0.717, 1.165) is 11.4 Å². The third-order valence-corrected chi connectivity index (χ3v) is 5.61. The van der Waals surface area contributed by atoms with Crippen LogP contribution >= 0.6 is 11.8 Å². The van der Waals surface area contributed by atoms with E-state index in [-0.39, 0.29) is 18.2 Å². The maximum atomic E-state index is 12.1. The topological polar surface area (TPSA) is 96.7 Å². The minimum Gasteiger partial charge on any atom is -0.494 e. The highest BCUT2D eigenvalue weighted by Crippen LogP contribution is 2.41. The fourth-order valence-corrected chi connectivity index (χ4v) is 3.96. The molecule has 3 aromatic rings. The number of amides is 1. The van der Waals surface area contributed by atoms with Crippen molar-refractivity contribution >= 4 is 17.7 Å². The molecule has 1 heterocycles. The molecule has 0 aliphatic heterocycles. The van der Waals surface area contributed by atoms with Crippen LogP contribution in [0, 0.1) is 12.3 Å². The largest absolute Gasteiger partial charge is 0.494 e. The number of carbonyl (C=O) groups is 1. The number of aromatic nitrogens is 3. The predicted molar refractivity (Wildman–Crippen MR) is 130 cm³/mol. The van der Waals surface area contributed by atoms with E-state index in [1.807, 2.05) is 35.8 Å². The number of benzene rings is 2. The molecule has 0 saturated heterocycles. The Balaban J connectivity index is 2.08. The van der Waals surface area contributed by atoms with E-state index in [2.05, 4.69) is 21.4 Å². The molecular formula is C24H26N4O5S. The molecule has 3 rings (SSSR count). The molecule has 1 aromatic heterocycles. The molecule has 0 unspecified atom stereocenters. The first-order chi connectivity index (χ1) is 16.6. The van der Waals surface area contributed by atoms with Gasteiger partial charge < -0.3 is 24.3 Å². The number of nitrogens with one attached hydrogen (secondary N) is 1. The molecule has 178 valence electrons. The van der Waals surface area contributed by atoms with Crippen molar-refractivity contribution in [1.29, 1.82) is 0 Å². The van der Waals surface area contributed by atoms with E-state index >= 15 is 0 Å². The van der Waals surface area contributed by atoms with Gasteiger partial charge >= 0.3 is 0 Å². The Morgan fingerprint density at radius 1 is 1.09 bits per heavy atom. The molecule has 0 aliphatic carbocycles. The fourth-order valence-electron chi connectivity index (χ4n) is 3.18. The molecule has 0 fully saturated rings. The van der Waals surface area contributed by atoms with Crippen LogP contribution < -0.4 is 24.3 Å². The number of ether oxygens (including phenoxy) is 4. The number of nitrogens with zero attached hydrogens (tertiary/aromatic N) is 3. The summed E-state index contributed by atoms with van der Waals surface area (Å²) in [4.78, 5) is 12.1. The minimum absolute atomic E-state index is 0.131. The summed E-state index contributed by atoms with van der Waals surface area (Å²) in [5.74, 6) is 5.05. The zero-order chi connectivity index (χ0) is 24.5. The van der Waals surface area contributed by atoms with Gasteiger partial charge in [0.25, 0.3) is 0 Å². The molecule has 34 heavy (non-hydrogen) atoms. The van der Waals surface area contributed by atoms with E-state index in [1.54, 1.807) is 33.5 Å². The summed E-state index contributed by atoms with van der Waals surface area (Å²) in [6, 6.07) is 11.1. The zero-order valence-corrected chi connectivity index (χ0v) is 20.3. The second-order valence-electron chi connectivity index (χ2n) is 6.75. The van der Waals surface area contributed by atoms with Crippen LogP contribution in [0.3, 0.4) is 0 Å². The summed E-state index contributed by atoms with van der Waals surface area (Å²) in [6.45, 7) is 2.66. The number of methoxy groups -OCH3 is 3. The second-order valence-corrected chi connectivity index (χ2v) is 7.69. The maximum absolute atomic E-state index is 12.1. The van der Waals surface area contributed by atoms with Crippen molar-refractivity contribution < 1.29 is 23.7 Å². The van der Waals surface area contributed by atoms with E-state index in [0.29, 0.717) is 40.4 Å². The SMILES string of the molecule is C#CCNC(=O)CSc1nnc(-c2cc(OC)c(OC)c(OC)c2)n1-c1ccc(OCC)cc1. The van der Waals surface area contributed by atoms with E-state index < -0.39 is 0 Å². The van der Waals surface area contributed by atoms with Crippen LogP contribution in [-0.2, 0) is 4.79 Å². The predicted octanol–water partition coefficient (Wildman–Crippen LogP) is 3.20. The van der Waals surface area contributed by atoms with Gasteiger partial charge in [0.15, 0.2) is 22.5 Å². The molecule has 0 bridgehead atoms. The number of hydrogen-bond acceptors (Lipinski definition) is 8. The van der Waals surface area contributed by atoms with Crippen LogP contribution in [0.25, 0.3) is 17.1 Å². The molecule has 0 radical (unpaired) electrons. The molecule has 1 amide bonds. The molecule has 10 heteroatoms. The smallest absolute Gasteiger partial charge is 0.231 e. The number of hydrogen-bond donors (Lipinski definition) is 1. The number of terminal acetylenes is 1. The Bertz CT molecular complexity index is 1150.